The van der Waals surface area contributed by atoms with Crippen molar-refractivity contribution in [1.82, 2.24) is 5.32 Å². The number of nitrogens with one attached hydrogen (secondary N) is 2. The molecule has 2 rings (SSSR count). The zero-order chi connectivity index (χ0) is 17.2. The molecule has 0 bridgehead atoms. The van der Waals surface area contributed by atoms with Crippen LogP contribution in [-0.4, -0.2) is 30.4 Å². The Kier molecular flexibility index (Phi) is 7.17. The minimum atomic E-state index is -0.122. The minimum Gasteiger partial charge on any atom is -0.496 e. The minimum absolute atomic E-state index is 0.113. The first-order chi connectivity index (χ1) is 11.7. The van der Waals surface area contributed by atoms with Crippen molar-refractivity contribution in [3.63, 3.8) is 0 Å². The molecule has 2 aromatic carbocycles. The maximum atomic E-state index is 11.9. The Labute approximate surface area is 145 Å². The summed E-state index contributed by atoms with van der Waals surface area (Å²) in [4.78, 5) is 23.6. The van der Waals surface area contributed by atoms with Crippen LogP contribution in [0, 0.1) is 0 Å². The fourth-order valence-electron chi connectivity index (χ4n) is 2.05. The van der Waals surface area contributed by atoms with Crippen molar-refractivity contribution in [3.05, 3.63) is 60.2 Å². The number of carbonyl (C=O) groups is 2. The van der Waals surface area contributed by atoms with Gasteiger partial charge in [0, 0.05) is 17.8 Å². The maximum absolute atomic E-state index is 11.9. The second kappa shape index (κ2) is 9.62. The van der Waals surface area contributed by atoms with E-state index in [1.165, 1.54) is 11.8 Å². The van der Waals surface area contributed by atoms with Crippen molar-refractivity contribution in [3.8, 4) is 5.75 Å². The van der Waals surface area contributed by atoms with Gasteiger partial charge >= 0.3 is 0 Å². The normalized spacial score (nSPS) is 10.0. The number of carbonyl (C=O) groups excluding carboxylic acids is 2. The molecular weight excluding hydrogens is 324 g/mol. The Bertz CT molecular complexity index is 677. The second-order valence-electron chi connectivity index (χ2n) is 5.00. The fraction of sp³-hybridized carbons (Fsp3) is 0.222. The first kappa shape index (κ1) is 17.9. The summed E-state index contributed by atoms with van der Waals surface area (Å²) in [6.45, 7) is 0.402. The number of rotatable bonds is 8. The number of benzene rings is 2. The highest BCUT2D eigenvalue weighted by molar-refractivity contribution is 8.00. The Morgan fingerprint density at radius 1 is 0.958 bits per heavy atom. The van der Waals surface area contributed by atoms with Crippen LogP contribution >= 0.6 is 11.8 Å². The van der Waals surface area contributed by atoms with Crippen LogP contribution in [0.4, 0.5) is 5.69 Å². The van der Waals surface area contributed by atoms with Crippen molar-refractivity contribution in [1.29, 1.82) is 0 Å². The molecule has 0 aliphatic heterocycles. The molecular formula is C18H20N2O3S. The van der Waals surface area contributed by atoms with Crippen LogP contribution in [-0.2, 0) is 16.1 Å². The number of anilines is 1. The Morgan fingerprint density at radius 2 is 1.62 bits per heavy atom. The lowest BCUT2D eigenvalue weighted by Crippen LogP contribution is -2.25. The first-order valence-electron chi connectivity index (χ1n) is 7.50. The van der Waals surface area contributed by atoms with E-state index in [1.54, 1.807) is 7.11 Å². The number of para-hydroxylation sites is 2. The third kappa shape index (κ3) is 5.96. The lowest BCUT2D eigenvalue weighted by atomic mass is 10.2. The lowest BCUT2D eigenvalue weighted by molar-refractivity contribution is -0.118. The van der Waals surface area contributed by atoms with Crippen molar-refractivity contribution < 1.29 is 14.3 Å². The summed E-state index contributed by atoms with van der Waals surface area (Å²) >= 11 is 1.28. The quantitative estimate of drug-likeness (QED) is 0.773. The van der Waals surface area contributed by atoms with Gasteiger partial charge in [-0.3, -0.25) is 9.59 Å². The number of thioether (sulfide) groups is 1. The van der Waals surface area contributed by atoms with Gasteiger partial charge in [-0.15, -0.1) is 11.8 Å². The molecule has 5 nitrogen and oxygen atoms in total. The molecule has 0 atom stereocenters. The molecule has 0 radical (unpaired) electrons. The average Bonchev–Trinajstić information content (AvgIpc) is 2.61. The zero-order valence-corrected chi connectivity index (χ0v) is 14.3. The van der Waals surface area contributed by atoms with Gasteiger partial charge in [-0.2, -0.15) is 0 Å². The summed E-state index contributed by atoms with van der Waals surface area (Å²) in [5, 5.41) is 5.61. The van der Waals surface area contributed by atoms with Crippen LogP contribution in [0.2, 0.25) is 0 Å². The summed E-state index contributed by atoms with van der Waals surface area (Å²) in [5.74, 6) is 0.976. The number of methoxy groups -OCH3 is 1. The summed E-state index contributed by atoms with van der Waals surface area (Å²) < 4.78 is 5.24. The Morgan fingerprint density at radius 3 is 2.38 bits per heavy atom. The standard InChI is InChI=1S/C18H20N2O3S/c1-23-16-10-6-5-7-14(16)11-19-17(21)12-24-13-18(22)20-15-8-3-2-4-9-15/h2-10H,11-13H2,1H3,(H,19,21)(H,20,22). The van der Waals surface area contributed by atoms with Crippen LogP contribution in [0.3, 0.4) is 0 Å². The van der Waals surface area contributed by atoms with Crippen molar-refractivity contribution in [2.24, 2.45) is 0 Å². The van der Waals surface area contributed by atoms with Gasteiger partial charge in [0.15, 0.2) is 0 Å². The van der Waals surface area contributed by atoms with E-state index in [4.69, 9.17) is 4.74 Å². The fourth-order valence-corrected chi connectivity index (χ4v) is 2.70. The van der Waals surface area contributed by atoms with Gasteiger partial charge in [0.05, 0.1) is 18.6 Å². The summed E-state index contributed by atoms with van der Waals surface area (Å²) in [5.41, 5.74) is 1.67. The molecule has 0 aliphatic rings. The monoisotopic (exact) mass is 344 g/mol. The molecule has 2 amide bonds. The predicted molar refractivity (Wildman–Crippen MR) is 97.2 cm³/mol. The molecule has 24 heavy (non-hydrogen) atoms. The van der Waals surface area contributed by atoms with E-state index in [0.29, 0.717) is 6.54 Å². The van der Waals surface area contributed by atoms with E-state index >= 15 is 0 Å². The molecule has 126 valence electrons. The third-order valence-electron chi connectivity index (χ3n) is 3.19. The molecule has 0 spiro atoms. The highest BCUT2D eigenvalue weighted by Gasteiger charge is 2.07. The summed E-state index contributed by atoms with van der Waals surface area (Å²) in [6, 6.07) is 16.8. The summed E-state index contributed by atoms with van der Waals surface area (Å²) in [7, 11) is 1.60. The van der Waals surface area contributed by atoms with Gasteiger partial charge < -0.3 is 15.4 Å². The van der Waals surface area contributed by atoms with E-state index in [-0.39, 0.29) is 23.3 Å². The van der Waals surface area contributed by atoms with Crippen molar-refractivity contribution in [2.75, 3.05) is 23.9 Å². The molecule has 0 aromatic heterocycles. The smallest absolute Gasteiger partial charge is 0.234 e. The SMILES string of the molecule is COc1ccccc1CNC(=O)CSCC(=O)Nc1ccccc1. The van der Waals surface area contributed by atoms with E-state index in [0.717, 1.165) is 17.0 Å². The number of amides is 2. The molecule has 2 aromatic rings. The van der Waals surface area contributed by atoms with Crippen molar-refractivity contribution >= 4 is 29.3 Å². The number of ether oxygens (including phenoxy) is 1. The van der Waals surface area contributed by atoms with Crippen LogP contribution in [0.15, 0.2) is 54.6 Å². The molecule has 0 heterocycles. The molecule has 0 saturated heterocycles. The van der Waals surface area contributed by atoms with Crippen LogP contribution < -0.4 is 15.4 Å². The van der Waals surface area contributed by atoms with Gasteiger partial charge in [0.25, 0.3) is 0 Å². The summed E-state index contributed by atoms with van der Waals surface area (Å²) in [6.07, 6.45) is 0. The largest absolute Gasteiger partial charge is 0.496 e. The van der Waals surface area contributed by atoms with E-state index < -0.39 is 0 Å². The second-order valence-corrected chi connectivity index (χ2v) is 5.98. The molecule has 0 fully saturated rings. The number of hydrogen-bond donors (Lipinski definition) is 2. The van der Waals surface area contributed by atoms with E-state index in [1.807, 2.05) is 54.6 Å². The lowest BCUT2D eigenvalue weighted by Gasteiger charge is -2.09. The molecule has 6 heteroatoms. The average molecular weight is 344 g/mol. The van der Waals surface area contributed by atoms with Gasteiger partial charge in [-0.05, 0) is 18.2 Å². The third-order valence-corrected chi connectivity index (χ3v) is 4.13. The Hall–Kier alpha value is -2.47. The van der Waals surface area contributed by atoms with Gasteiger partial charge in [0.2, 0.25) is 11.8 Å². The predicted octanol–water partition coefficient (Wildman–Crippen LogP) is 2.68. The van der Waals surface area contributed by atoms with Crippen LogP contribution in [0.1, 0.15) is 5.56 Å². The highest BCUT2D eigenvalue weighted by atomic mass is 32.2. The van der Waals surface area contributed by atoms with Gasteiger partial charge in [-0.1, -0.05) is 36.4 Å². The number of hydrogen-bond acceptors (Lipinski definition) is 4. The van der Waals surface area contributed by atoms with Gasteiger partial charge in [0.1, 0.15) is 5.75 Å². The molecule has 0 unspecified atom stereocenters. The Balaban J connectivity index is 1.67. The zero-order valence-electron chi connectivity index (χ0n) is 13.5. The van der Waals surface area contributed by atoms with E-state index in [9.17, 15) is 9.59 Å². The molecule has 0 aliphatic carbocycles. The molecule has 2 N–H and O–H groups in total. The molecule has 0 saturated carbocycles. The van der Waals surface area contributed by atoms with Gasteiger partial charge in [-0.25, -0.2) is 0 Å². The van der Waals surface area contributed by atoms with Crippen LogP contribution in [0.5, 0.6) is 5.75 Å². The highest BCUT2D eigenvalue weighted by Crippen LogP contribution is 2.16. The van der Waals surface area contributed by atoms with Crippen LogP contribution in [0.25, 0.3) is 0 Å². The first-order valence-corrected chi connectivity index (χ1v) is 8.65. The van der Waals surface area contributed by atoms with Crippen molar-refractivity contribution in [2.45, 2.75) is 6.54 Å². The van der Waals surface area contributed by atoms with E-state index in [2.05, 4.69) is 10.6 Å². The topological polar surface area (TPSA) is 67.4 Å². The maximum Gasteiger partial charge on any atom is 0.234 e.